The van der Waals surface area contributed by atoms with Crippen LogP contribution < -0.4 is 5.73 Å². The number of thiazole rings is 1. The van der Waals surface area contributed by atoms with Gasteiger partial charge < -0.3 is 10.8 Å². The second-order valence-electron chi connectivity index (χ2n) is 4.78. The van der Waals surface area contributed by atoms with Gasteiger partial charge in [-0.1, -0.05) is 25.7 Å². The number of aliphatic carboxylic acids is 1. The average molecular weight is 254 g/mol. The molecule has 17 heavy (non-hydrogen) atoms. The van der Waals surface area contributed by atoms with E-state index in [2.05, 4.69) is 4.98 Å². The van der Waals surface area contributed by atoms with Gasteiger partial charge in [0.2, 0.25) is 0 Å². The fourth-order valence-corrected chi connectivity index (χ4v) is 3.34. The summed E-state index contributed by atoms with van der Waals surface area (Å²) in [5.41, 5.74) is 6.73. The lowest BCUT2D eigenvalue weighted by molar-refractivity contribution is -0.136. The highest BCUT2D eigenvalue weighted by molar-refractivity contribution is 7.09. The van der Waals surface area contributed by atoms with Gasteiger partial charge in [0.25, 0.3) is 0 Å². The number of carbonyl (C=O) groups is 1. The molecule has 5 heteroatoms. The average Bonchev–Trinajstić information content (AvgIpc) is 2.60. The Balaban J connectivity index is 2.14. The molecule has 0 atom stereocenters. The van der Waals surface area contributed by atoms with Crippen molar-refractivity contribution in [2.24, 2.45) is 5.73 Å². The van der Waals surface area contributed by atoms with Gasteiger partial charge >= 0.3 is 5.97 Å². The van der Waals surface area contributed by atoms with Crippen molar-refractivity contribution in [2.75, 3.05) is 0 Å². The van der Waals surface area contributed by atoms with Gasteiger partial charge in [0.15, 0.2) is 0 Å². The fraction of sp³-hybridized carbons (Fsp3) is 0.667. The van der Waals surface area contributed by atoms with Crippen LogP contribution in [0.15, 0.2) is 5.38 Å². The van der Waals surface area contributed by atoms with Crippen molar-refractivity contribution in [3.8, 4) is 0 Å². The van der Waals surface area contributed by atoms with E-state index in [1.165, 1.54) is 24.2 Å². The third kappa shape index (κ3) is 3.04. The largest absolute Gasteiger partial charge is 0.481 e. The smallest absolute Gasteiger partial charge is 0.309 e. The first-order chi connectivity index (χ1) is 8.10. The Morgan fingerprint density at radius 2 is 2.06 bits per heavy atom. The van der Waals surface area contributed by atoms with Crippen molar-refractivity contribution in [1.82, 2.24) is 4.98 Å². The highest BCUT2D eigenvalue weighted by Gasteiger charge is 2.31. The lowest BCUT2D eigenvalue weighted by atomic mass is 9.92. The predicted octanol–water partition coefficient (Wildman–Crippen LogP) is 2.28. The van der Waals surface area contributed by atoms with Crippen LogP contribution in [-0.4, -0.2) is 16.1 Å². The molecular weight excluding hydrogens is 236 g/mol. The van der Waals surface area contributed by atoms with E-state index in [0.29, 0.717) is 5.69 Å². The summed E-state index contributed by atoms with van der Waals surface area (Å²) in [6.45, 7) is 0. The van der Waals surface area contributed by atoms with E-state index >= 15 is 0 Å². The molecule has 1 fully saturated rings. The summed E-state index contributed by atoms with van der Waals surface area (Å²) in [6, 6.07) is 0. The fourth-order valence-electron chi connectivity index (χ4n) is 2.35. The molecule has 1 aliphatic rings. The molecular formula is C12H18N2O2S. The number of nitrogens with zero attached hydrogens (tertiary/aromatic N) is 1. The Labute approximate surface area is 105 Å². The Hall–Kier alpha value is -0.940. The molecule has 94 valence electrons. The van der Waals surface area contributed by atoms with Gasteiger partial charge in [-0.25, -0.2) is 4.98 Å². The zero-order valence-electron chi connectivity index (χ0n) is 9.82. The van der Waals surface area contributed by atoms with Crippen LogP contribution in [0.4, 0.5) is 0 Å². The number of aromatic nitrogens is 1. The van der Waals surface area contributed by atoms with Crippen molar-refractivity contribution in [3.05, 3.63) is 16.1 Å². The van der Waals surface area contributed by atoms with E-state index in [9.17, 15) is 4.79 Å². The standard InChI is InChI=1S/C12H18N2O2S/c13-12(5-3-1-2-4-6-12)11-14-9(8-17-11)7-10(15)16/h8H,1-7,13H2,(H,15,16). The molecule has 1 aromatic rings. The van der Waals surface area contributed by atoms with Crippen LogP contribution in [0.1, 0.15) is 49.2 Å². The van der Waals surface area contributed by atoms with E-state index in [0.717, 1.165) is 30.7 Å². The lowest BCUT2D eigenvalue weighted by Gasteiger charge is -2.25. The second-order valence-corrected chi connectivity index (χ2v) is 5.64. The first-order valence-electron chi connectivity index (χ1n) is 6.06. The maximum atomic E-state index is 10.6. The zero-order chi connectivity index (χ0) is 12.3. The topological polar surface area (TPSA) is 76.2 Å². The number of nitrogens with two attached hydrogens (primary N) is 1. The summed E-state index contributed by atoms with van der Waals surface area (Å²) >= 11 is 1.51. The first kappa shape index (κ1) is 12.5. The maximum Gasteiger partial charge on any atom is 0.309 e. The molecule has 0 radical (unpaired) electrons. The van der Waals surface area contributed by atoms with Crippen molar-refractivity contribution < 1.29 is 9.90 Å². The van der Waals surface area contributed by atoms with Crippen LogP contribution in [0.5, 0.6) is 0 Å². The van der Waals surface area contributed by atoms with Gasteiger partial charge in [-0.05, 0) is 12.8 Å². The number of hydrogen-bond donors (Lipinski definition) is 2. The molecule has 0 amide bonds. The second kappa shape index (κ2) is 5.14. The highest BCUT2D eigenvalue weighted by Crippen LogP contribution is 2.35. The summed E-state index contributed by atoms with van der Waals surface area (Å²) in [5.74, 6) is -0.839. The van der Waals surface area contributed by atoms with E-state index in [1.807, 2.05) is 5.38 Å². The zero-order valence-corrected chi connectivity index (χ0v) is 10.6. The van der Waals surface area contributed by atoms with E-state index < -0.39 is 5.97 Å². The molecule has 3 N–H and O–H groups in total. The Morgan fingerprint density at radius 1 is 1.41 bits per heavy atom. The first-order valence-corrected chi connectivity index (χ1v) is 6.94. The third-order valence-corrected chi connectivity index (χ3v) is 4.42. The number of hydrogen-bond acceptors (Lipinski definition) is 4. The minimum atomic E-state index is -0.839. The molecule has 0 aromatic carbocycles. The maximum absolute atomic E-state index is 10.6. The summed E-state index contributed by atoms with van der Waals surface area (Å²) in [6.07, 6.45) is 6.69. The monoisotopic (exact) mass is 254 g/mol. The number of rotatable bonds is 3. The molecule has 0 bridgehead atoms. The van der Waals surface area contributed by atoms with Gasteiger partial charge in [-0.3, -0.25) is 4.79 Å². The van der Waals surface area contributed by atoms with Crippen molar-refractivity contribution in [1.29, 1.82) is 0 Å². The summed E-state index contributed by atoms with van der Waals surface area (Å²) in [7, 11) is 0. The van der Waals surface area contributed by atoms with Crippen LogP contribution in [0.3, 0.4) is 0 Å². The molecule has 1 aromatic heterocycles. The minimum Gasteiger partial charge on any atom is -0.481 e. The number of carboxylic acids is 1. The van der Waals surface area contributed by atoms with Crippen LogP contribution in [-0.2, 0) is 16.8 Å². The molecule has 2 rings (SSSR count). The molecule has 1 saturated carbocycles. The molecule has 0 saturated heterocycles. The highest BCUT2D eigenvalue weighted by atomic mass is 32.1. The Kier molecular flexibility index (Phi) is 3.79. The number of carboxylic acid groups (broad SMARTS) is 1. The quantitative estimate of drug-likeness (QED) is 0.811. The molecule has 1 aliphatic carbocycles. The van der Waals surface area contributed by atoms with Gasteiger partial charge in [0, 0.05) is 5.38 Å². The Bertz CT molecular complexity index is 395. The molecule has 1 heterocycles. The van der Waals surface area contributed by atoms with Crippen LogP contribution >= 0.6 is 11.3 Å². The van der Waals surface area contributed by atoms with Gasteiger partial charge in [0.05, 0.1) is 17.7 Å². The van der Waals surface area contributed by atoms with Crippen molar-refractivity contribution in [2.45, 2.75) is 50.5 Å². The normalized spacial score (nSPS) is 19.8. The molecule has 4 nitrogen and oxygen atoms in total. The molecule has 0 spiro atoms. The molecule has 0 unspecified atom stereocenters. The summed E-state index contributed by atoms with van der Waals surface area (Å²) in [4.78, 5) is 15.0. The van der Waals surface area contributed by atoms with Gasteiger partial charge in [-0.15, -0.1) is 11.3 Å². The summed E-state index contributed by atoms with van der Waals surface area (Å²) in [5, 5.41) is 11.5. The van der Waals surface area contributed by atoms with Gasteiger partial charge in [0.1, 0.15) is 5.01 Å². The Morgan fingerprint density at radius 3 is 2.65 bits per heavy atom. The predicted molar refractivity (Wildman–Crippen MR) is 67.0 cm³/mol. The SMILES string of the molecule is NC1(c2nc(CC(=O)O)cs2)CCCCCC1. The molecule has 0 aliphatic heterocycles. The third-order valence-electron chi connectivity index (χ3n) is 3.31. The lowest BCUT2D eigenvalue weighted by Crippen LogP contribution is -2.35. The summed E-state index contributed by atoms with van der Waals surface area (Å²) < 4.78 is 0. The van der Waals surface area contributed by atoms with Crippen LogP contribution in [0, 0.1) is 0 Å². The van der Waals surface area contributed by atoms with E-state index in [1.54, 1.807) is 0 Å². The van der Waals surface area contributed by atoms with Crippen LogP contribution in [0.2, 0.25) is 0 Å². The van der Waals surface area contributed by atoms with Gasteiger partial charge in [-0.2, -0.15) is 0 Å². The van der Waals surface area contributed by atoms with E-state index in [-0.39, 0.29) is 12.0 Å². The van der Waals surface area contributed by atoms with E-state index in [4.69, 9.17) is 10.8 Å². The van der Waals surface area contributed by atoms with Crippen LogP contribution in [0.25, 0.3) is 0 Å². The minimum absolute atomic E-state index is 0.00736. The van der Waals surface area contributed by atoms with Crippen molar-refractivity contribution >= 4 is 17.3 Å². The van der Waals surface area contributed by atoms with Crippen molar-refractivity contribution in [3.63, 3.8) is 0 Å².